The monoisotopic (exact) mass is 350 g/mol. The summed E-state index contributed by atoms with van der Waals surface area (Å²) in [6.07, 6.45) is 9.44. The molecular weight excluding hydrogens is 328 g/mol. The Hall–Kier alpha value is -2.89. The lowest BCUT2D eigenvalue weighted by Gasteiger charge is -2.21. The first-order valence-corrected chi connectivity index (χ1v) is 9.15. The van der Waals surface area contributed by atoms with Crippen LogP contribution in [0.15, 0.2) is 42.7 Å². The van der Waals surface area contributed by atoms with Crippen molar-refractivity contribution in [3.05, 3.63) is 48.3 Å². The van der Waals surface area contributed by atoms with Crippen molar-refractivity contribution in [2.75, 3.05) is 6.54 Å². The van der Waals surface area contributed by atoms with Gasteiger partial charge in [0.05, 0.1) is 11.8 Å². The van der Waals surface area contributed by atoms with Crippen molar-refractivity contribution in [1.82, 2.24) is 20.3 Å². The van der Waals surface area contributed by atoms with Crippen LogP contribution in [0.1, 0.15) is 42.5 Å². The summed E-state index contributed by atoms with van der Waals surface area (Å²) in [5.74, 6) is 1.51. The summed E-state index contributed by atoms with van der Waals surface area (Å²) in [6, 6.07) is 9.40. The van der Waals surface area contributed by atoms with E-state index in [-0.39, 0.29) is 5.91 Å². The SMILES string of the molecule is O=C(NCC1CCCCC1)c1c[nH]c2ncc(Oc3ccccc3)nc12. The Morgan fingerprint density at radius 2 is 2.00 bits per heavy atom. The molecule has 6 heteroatoms. The summed E-state index contributed by atoms with van der Waals surface area (Å²) in [7, 11) is 0. The van der Waals surface area contributed by atoms with Crippen LogP contribution in [-0.4, -0.2) is 27.4 Å². The van der Waals surface area contributed by atoms with E-state index in [0.717, 1.165) is 6.54 Å². The van der Waals surface area contributed by atoms with Crippen molar-refractivity contribution >= 4 is 17.1 Å². The molecule has 3 aromatic rings. The first-order chi connectivity index (χ1) is 12.8. The second-order valence-electron chi connectivity index (χ2n) is 6.74. The molecule has 2 N–H and O–H groups in total. The lowest BCUT2D eigenvalue weighted by Crippen LogP contribution is -2.30. The predicted molar refractivity (Wildman–Crippen MR) is 99.3 cm³/mol. The van der Waals surface area contributed by atoms with E-state index in [2.05, 4.69) is 20.3 Å². The highest BCUT2D eigenvalue weighted by Crippen LogP contribution is 2.24. The molecule has 6 nitrogen and oxygen atoms in total. The number of fused-ring (bicyclic) bond motifs is 1. The molecule has 2 heterocycles. The highest BCUT2D eigenvalue weighted by molar-refractivity contribution is 6.04. The van der Waals surface area contributed by atoms with Crippen LogP contribution in [0.5, 0.6) is 11.6 Å². The zero-order valence-corrected chi connectivity index (χ0v) is 14.6. The molecule has 1 aliphatic rings. The Balaban J connectivity index is 1.49. The van der Waals surface area contributed by atoms with E-state index >= 15 is 0 Å². The number of aromatic nitrogens is 3. The highest BCUT2D eigenvalue weighted by Gasteiger charge is 2.18. The number of benzene rings is 1. The molecule has 0 saturated heterocycles. The fraction of sp³-hybridized carbons (Fsp3) is 0.350. The minimum Gasteiger partial charge on any atom is -0.437 e. The van der Waals surface area contributed by atoms with Crippen LogP contribution in [0.25, 0.3) is 11.2 Å². The highest BCUT2D eigenvalue weighted by atomic mass is 16.5. The van der Waals surface area contributed by atoms with Gasteiger partial charge < -0.3 is 15.0 Å². The molecule has 0 radical (unpaired) electrons. The lowest BCUT2D eigenvalue weighted by atomic mass is 9.89. The number of rotatable bonds is 5. The third kappa shape index (κ3) is 3.69. The van der Waals surface area contributed by atoms with Gasteiger partial charge in [0, 0.05) is 12.7 Å². The topological polar surface area (TPSA) is 79.9 Å². The number of hydrogen-bond donors (Lipinski definition) is 2. The summed E-state index contributed by atoms with van der Waals surface area (Å²) < 4.78 is 5.73. The summed E-state index contributed by atoms with van der Waals surface area (Å²) in [6.45, 7) is 0.721. The number of amides is 1. The molecule has 1 saturated carbocycles. The van der Waals surface area contributed by atoms with E-state index in [1.165, 1.54) is 32.1 Å². The van der Waals surface area contributed by atoms with Crippen LogP contribution in [0.4, 0.5) is 0 Å². The molecule has 0 spiro atoms. The number of hydrogen-bond acceptors (Lipinski definition) is 4. The summed E-state index contributed by atoms with van der Waals surface area (Å²) in [5.41, 5.74) is 1.61. The van der Waals surface area contributed by atoms with Crippen molar-refractivity contribution in [3.63, 3.8) is 0 Å². The van der Waals surface area contributed by atoms with Gasteiger partial charge in [-0.15, -0.1) is 0 Å². The zero-order chi connectivity index (χ0) is 17.8. The Bertz CT molecular complexity index is 885. The van der Waals surface area contributed by atoms with Crippen LogP contribution < -0.4 is 10.1 Å². The number of nitrogens with zero attached hydrogens (tertiary/aromatic N) is 2. The predicted octanol–water partition coefficient (Wildman–Crippen LogP) is 4.06. The number of H-pyrrole nitrogens is 1. The first-order valence-electron chi connectivity index (χ1n) is 9.15. The average Bonchev–Trinajstić information content (AvgIpc) is 3.11. The zero-order valence-electron chi connectivity index (χ0n) is 14.6. The molecule has 1 aliphatic carbocycles. The molecule has 0 unspecified atom stereocenters. The van der Waals surface area contributed by atoms with E-state index in [4.69, 9.17) is 4.74 Å². The number of carbonyl (C=O) groups is 1. The number of carbonyl (C=O) groups excluding carboxylic acids is 1. The molecule has 0 atom stereocenters. The quantitative estimate of drug-likeness (QED) is 0.727. The van der Waals surface area contributed by atoms with Crippen LogP contribution >= 0.6 is 0 Å². The second kappa shape index (κ2) is 7.56. The van der Waals surface area contributed by atoms with Gasteiger partial charge in [0.2, 0.25) is 5.88 Å². The number of ether oxygens (including phenoxy) is 1. The van der Waals surface area contributed by atoms with Gasteiger partial charge in [-0.25, -0.2) is 9.97 Å². The van der Waals surface area contributed by atoms with E-state index in [1.807, 2.05) is 30.3 Å². The average molecular weight is 350 g/mol. The maximum Gasteiger partial charge on any atom is 0.255 e. The molecule has 134 valence electrons. The van der Waals surface area contributed by atoms with Crippen molar-refractivity contribution in [3.8, 4) is 11.6 Å². The molecule has 26 heavy (non-hydrogen) atoms. The maximum atomic E-state index is 12.6. The van der Waals surface area contributed by atoms with Gasteiger partial charge in [0.15, 0.2) is 5.65 Å². The maximum absolute atomic E-state index is 12.6. The summed E-state index contributed by atoms with van der Waals surface area (Å²) >= 11 is 0. The standard InChI is InChI=1S/C20H22N4O2/c25-20(23-11-14-7-3-1-4-8-14)16-12-21-19-18(16)24-17(13-22-19)26-15-9-5-2-6-10-15/h2,5-6,9-10,12-14H,1,3-4,7-8,11H2,(H,21,22)(H,23,25). The third-order valence-corrected chi connectivity index (χ3v) is 4.85. The van der Waals surface area contributed by atoms with E-state index < -0.39 is 0 Å². The number of nitrogens with one attached hydrogen (secondary N) is 2. The Morgan fingerprint density at radius 1 is 1.19 bits per heavy atom. The summed E-state index contributed by atoms with van der Waals surface area (Å²) in [4.78, 5) is 24.4. The Morgan fingerprint density at radius 3 is 2.81 bits per heavy atom. The van der Waals surface area contributed by atoms with Crippen molar-refractivity contribution in [2.24, 2.45) is 5.92 Å². The van der Waals surface area contributed by atoms with Crippen molar-refractivity contribution < 1.29 is 9.53 Å². The van der Waals surface area contributed by atoms with Crippen LogP contribution in [-0.2, 0) is 0 Å². The van der Waals surface area contributed by atoms with Crippen LogP contribution in [0.2, 0.25) is 0 Å². The summed E-state index contributed by atoms with van der Waals surface area (Å²) in [5, 5.41) is 3.05. The van der Waals surface area contributed by atoms with Gasteiger partial charge in [-0.3, -0.25) is 4.79 Å². The smallest absolute Gasteiger partial charge is 0.255 e. The van der Waals surface area contributed by atoms with Crippen LogP contribution in [0.3, 0.4) is 0 Å². The minimum atomic E-state index is -0.118. The van der Waals surface area contributed by atoms with Gasteiger partial charge in [-0.2, -0.15) is 0 Å². The largest absolute Gasteiger partial charge is 0.437 e. The van der Waals surface area contributed by atoms with Gasteiger partial charge in [0.25, 0.3) is 5.91 Å². The molecular formula is C20H22N4O2. The molecule has 2 aromatic heterocycles. The number of aromatic amines is 1. The normalized spacial score (nSPS) is 15.1. The van der Waals surface area contributed by atoms with Crippen molar-refractivity contribution in [1.29, 1.82) is 0 Å². The molecule has 1 aromatic carbocycles. The van der Waals surface area contributed by atoms with Crippen molar-refractivity contribution in [2.45, 2.75) is 32.1 Å². The van der Waals surface area contributed by atoms with Crippen LogP contribution in [0, 0.1) is 5.92 Å². The van der Waals surface area contributed by atoms with Gasteiger partial charge in [-0.1, -0.05) is 37.5 Å². The molecule has 0 bridgehead atoms. The molecule has 1 fully saturated rings. The lowest BCUT2D eigenvalue weighted by molar-refractivity contribution is 0.0945. The van der Waals surface area contributed by atoms with Gasteiger partial charge >= 0.3 is 0 Å². The first kappa shape index (κ1) is 16.6. The molecule has 4 rings (SSSR count). The van der Waals surface area contributed by atoms with E-state index in [0.29, 0.717) is 34.3 Å². The molecule has 0 aliphatic heterocycles. The van der Waals surface area contributed by atoms with E-state index in [1.54, 1.807) is 12.4 Å². The van der Waals surface area contributed by atoms with E-state index in [9.17, 15) is 4.79 Å². The Kier molecular flexibility index (Phi) is 4.82. The second-order valence-corrected chi connectivity index (χ2v) is 6.74. The Labute approximate surface area is 152 Å². The third-order valence-electron chi connectivity index (χ3n) is 4.85. The molecule has 1 amide bonds. The fourth-order valence-corrected chi connectivity index (χ4v) is 3.43. The van der Waals surface area contributed by atoms with Gasteiger partial charge in [-0.05, 0) is 30.9 Å². The minimum absolute atomic E-state index is 0.118. The van der Waals surface area contributed by atoms with Gasteiger partial charge in [0.1, 0.15) is 11.3 Å². The number of para-hydroxylation sites is 1. The fourth-order valence-electron chi connectivity index (χ4n) is 3.43.